The van der Waals surface area contributed by atoms with Gasteiger partial charge in [0.2, 0.25) is 11.8 Å². The van der Waals surface area contributed by atoms with E-state index in [1.165, 1.54) is 0 Å². The lowest BCUT2D eigenvalue weighted by Crippen LogP contribution is -2.60. The maximum Gasteiger partial charge on any atom is 0.311 e. The number of fused-ring (bicyclic) bond motifs is 2. The molecule has 4 rings (SSSR count). The number of carbonyl (C=O) groups is 3. The van der Waals surface area contributed by atoms with Crippen LogP contribution in [0.3, 0.4) is 0 Å². The van der Waals surface area contributed by atoms with E-state index in [2.05, 4.69) is 0 Å². The molecule has 1 spiro atoms. The van der Waals surface area contributed by atoms with Crippen LogP contribution in [0.2, 0.25) is 0 Å². The fraction of sp³-hybridized carbons (Fsp3) is 0.720. The molecule has 182 valence electrons. The van der Waals surface area contributed by atoms with Crippen LogP contribution < -0.4 is 0 Å². The van der Waals surface area contributed by atoms with Crippen molar-refractivity contribution in [1.82, 2.24) is 9.80 Å². The number of nitrogens with zero attached hydrogens (tertiary/aromatic N) is 2. The lowest BCUT2D eigenvalue weighted by molar-refractivity contribution is -0.154. The Morgan fingerprint density at radius 3 is 2.61 bits per heavy atom. The van der Waals surface area contributed by atoms with Crippen LogP contribution in [-0.4, -0.2) is 80.1 Å². The van der Waals surface area contributed by atoms with Gasteiger partial charge in [0, 0.05) is 17.3 Å². The summed E-state index contributed by atoms with van der Waals surface area (Å²) in [6, 6.07) is -1.27. The number of amides is 2. The zero-order chi connectivity index (χ0) is 24.1. The van der Waals surface area contributed by atoms with Crippen molar-refractivity contribution in [2.45, 2.75) is 75.1 Å². The molecule has 1 N–H and O–H groups in total. The van der Waals surface area contributed by atoms with Crippen molar-refractivity contribution in [3.05, 3.63) is 24.3 Å². The minimum Gasteiger partial charge on any atom is -0.465 e. The van der Waals surface area contributed by atoms with Gasteiger partial charge >= 0.3 is 5.97 Å². The quantitative estimate of drug-likeness (QED) is 0.495. The summed E-state index contributed by atoms with van der Waals surface area (Å²) in [5.74, 6) is -2.06. The average molecular weight is 477 g/mol. The predicted molar refractivity (Wildman–Crippen MR) is 127 cm³/mol. The van der Waals surface area contributed by atoms with Gasteiger partial charge in [-0.3, -0.25) is 14.4 Å². The number of thioether (sulfide) groups is 1. The number of carbonyl (C=O) groups excluding carboxylic acids is 3. The van der Waals surface area contributed by atoms with Gasteiger partial charge in [0.1, 0.15) is 6.04 Å². The fourth-order valence-corrected chi connectivity index (χ4v) is 7.81. The van der Waals surface area contributed by atoms with Crippen molar-refractivity contribution < 1.29 is 24.2 Å². The molecule has 2 fully saturated rings. The third-order valence-electron chi connectivity index (χ3n) is 7.71. The molecular formula is C25H36N2O5S. The number of aliphatic hydroxyl groups is 1. The Bertz CT molecular complexity index is 881. The minimum absolute atomic E-state index is 0.00271. The Morgan fingerprint density at radius 1 is 1.24 bits per heavy atom. The maximum atomic E-state index is 14.2. The van der Waals surface area contributed by atoms with Gasteiger partial charge in [0.15, 0.2) is 0 Å². The van der Waals surface area contributed by atoms with Crippen molar-refractivity contribution in [3.8, 4) is 0 Å². The Morgan fingerprint density at radius 2 is 1.97 bits per heavy atom. The lowest BCUT2D eigenvalue weighted by Gasteiger charge is -2.43. The van der Waals surface area contributed by atoms with Gasteiger partial charge in [0.05, 0.1) is 35.8 Å². The van der Waals surface area contributed by atoms with Crippen molar-refractivity contribution in [2.75, 3.05) is 19.8 Å². The largest absolute Gasteiger partial charge is 0.465 e. The van der Waals surface area contributed by atoms with Gasteiger partial charge in [-0.2, -0.15) is 0 Å². The van der Waals surface area contributed by atoms with Crippen molar-refractivity contribution in [2.24, 2.45) is 17.8 Å². The van der Waals surface area contributed by atoms with Gasteiger partial charge < -0.3 is 19.6 Å². The van der Waals surface area contributed by atoms with Gasteiger partial charge in [-0.15, -0.1) is 11.8 Å². The summed E-state index contributed by atoms with van der Waals surface area (Å²) in [6.45, 7) is 10.5. The smallest absolute Gasteiger partial charge is 0.311 e. The highest BCUT2D eigenvalue weighted by atomic mass is 32.2. The van der Waals surface area contributed by atoms with Crippen LogP contribution >= 0.6 is 11.8 Å². The number of likely N-dealkylation sites (tertiary alicyclic amines) is 1. The fourth-order valence-electron chi connectivity index (χ4n) is 5.82. The zero-order valence-electron chi connectivity index (χ0n) is 20.2. The minimum atomic E-state index is -0.877. The number of rotatable bonds is 4. The second-order valence-corrected chi connectivity index (χ2v) is 12.1. The molecule has 0 aromatic heterocycles. The van der Waals surface area contributed by atoms with E-state index in [0.717, 1.165) is 6.42 Å². The van der Waals surface area contributed by atoms with Crippen molar-refractivity contribution in [3.63, 3.8) is 0 Å². The summed E-state index contributed by atoms with van der Waals surface area (Å²) < 4.78 is 4.63. The summed E-state index contributed by atoms with van der Waals surface area (Å²) in [7, 11) is 0. The van der Waals surface area contributed by atoms with Crippen LogP contribution in [0.5, 0.6) is 0 Å². The van der Waals surface area contributed by atoms with E-state index in [0.29, 0.717) is 19.6 Å². The molecular weight excluding hydrogens is 440 g/mol. The molecule has 0 radical (unpaired) electrons. The summed E-state index contributed by atoms with van der Waals surface area (Å²) in [5.41, 5.74) is -0.436. The molecule has 2 saturated heterocycles. The molecule has 0 bridgehead atoms. The molecule has 7 nitrogen and oxygen atoms in total. The number of cyclic esters (lactones) is 1. The first-order valence-corrected chi connectivity index (χ1v) is 12.9. The summed E-state index contributed by atoms with van der Waals surface area (Å²) in [6.07, 6.45) is 9.41. The van der Waals surface area contributed by atoms with E-state index in [1.54, 1.807) is 16.7 Å². The predicted octanol–water partition coefficient (Wildman–Crippen LogP) is 2.39. The summed E-state index contributed by atoms with van der Waals surface area (Å²) >= 11 is 1.54. The SMILES string of the molecule is CC[C@H](C)[C@H](CO)N1C(=O)[C@@H]2[C@H]3C(=O)OCCC=C[C@H]3S[C@@]23C=CCN(C(C)(C)C)C(=O)C13. The Kier molecular flexibility index (Phi) is 6.46. The molecule has 0 aromatic rings. The number of aliphatic hydroxyl groups excluding tert-OH is 1. The summed E-state index contributed by atoms with van der Waals surface area (Å²) in [5, 5.41) is 10.1. The van der Waals surface area contributed by atoms with Crippen LogP contribution in [0, 0.1) is 17.8 Å². The third kappa shape index (κ3) is 3.73. The Labute approximate surface area is 200 Å². The highest BCUT2D eigenvalue weighted by Gasteiger charge is 2.72. The van der Waals surface area contributed by atoms with Gasteiger partial charge in [-0.25, -0.2) is 0 Å². The Hall–Kier alpha value is -1.80. The first-order chi connectivity index (χ1) is 15.6. The van der Waals surface area contributed by atoms with Gasteiger partial charge in [-0.1, -0.05) is 44.6 Å². The monoisotopic (exact) mass is 476 g/mol. The second-order valence-electron chi connectivity index (χ2n) is 10.6. The van der Waals surface area contributed by atoms with E-state index < -0.39 is 34.2 Å². The molecule has 4 heterocycles. The van der Waals surface area contributed by atoms with Crippen LogP contribution in [0.25, 0.3) is 0 Å². The van der Waals surface area contributed by atoms with E-state index in [1.807, 2.05) is 63.8 Å². The zero-order valence-corrected chi connectivity index (χ0v) is 21.0. The van der Waals surface area contributed by atoms with E-state index in [4.69, 9.17) is 4.74 Å². The second kappa shape index (κ2) is 8.77. The van der Waals surface area contributed by atoms with Gasteiger partial charge in [-0.05, 0) is 33.1 Å². The van der Waals surface area contributed by atoms with Crippen LogP contribution in [0.1, 0.15) is 47.5 Å². The first-order valence-electron chi connectivity index (χ1n) is 12.0. The van der Waals surface area contributed by atoms with Crippen molar-refractivity contribution in [1.29, 1.82) is 0 Å². The topological polar surface area (TPSA) is 87.2 Å². The molecule has 4 aliphatic heterocycles. The van der Waals surface area contributed by atoms with E-state index >= 15 is 0 Å². The number of hydrogen-bond acceptors (Lipinski definition) is 6. The van der Waals surface area contributed by atoms with Crippen LogP contribution in [-0.2, 0) is 19.1 Å². The highest BCUT2D eigenvalue weighted by Crippen LogP contribution is 2.61. The standard InChI is InChI=1S/C25H36N2O5S/c1-6-15(2)16(14-28)27-20-22(30)26(24(3,4)5)12-9-11-25(20)19(21(27)29)18-17(33-25)10-7-8-13-32-23(18)31/h7,9-11,15-20,28H,6,8,12-14H2,1-5H3/t15-,16-,17+,18-,19-,20?,25-/m0/s1. The molecule has 0 aliphatic carbocycles. The molecule has 1 unspecified atom stereocenters. The van der Waals surface area contributed by atoms with E-state index in [9.17, 15) is 19.5 Å². The number of esters is 1. The van der Waals surface area contributed by atoms with E-state index in [-0.39, 0.29) is 35.6 Å². The number of hydrogen-bond donors (Lipinski definition) is 1. The molecule has 33 heavy (non-hydrogen) atoms. The van der Waals surface area contributed by atoms with Gasteiger partial charge in [0.25, 0.3) is 0 Å². The molecule has 8 heteroatoms. The van der Waals surface area contributed by atoms with Crippen LogP contribution in [0.4, 0.5) is 0 Å². The average Bonchev–Trinajstić information content (AvgIpc) is 3.11. The third-order valence-corrected chi connectivity index (χ3v) is 9.46. The Balaban J connectivity index is 1.89. The maximum absolute atomic E-state index is 14.2. The number of ether oxygens (including phenoxy) is 1. The summed E-state index contributed by atoms with van der Waals surface area (Å²) in [4.78, 5) is 44.9. The molecule has 0 aromatic carbocycles. The first kappa shape index (κ1) is 24.3. The highest BCUT2D eigenvalue weighted by molar-refractivity contribution is 8.02. The molecule has 0 saturated carbocycles. The molecule has 4 aliphatic rings. The molecule has 7 atom stereocenters. The molecule has 2 amide bonds. The normalized spacial score (nSPS) is 35.9. The van der Waals surface area contributed by atoms with Crippen LogP contribution in [0.15, 0.2) is 24.3 Å². The van der Waals surface area contributed by atoms with Crippen molar-refractivity contribution >= 4 is 29.5 Å². The lowest BCUT2D eigenvalue weighted by atomic mass is 9.78.